The second kappa shape index (κ2) is 6.06. The molecule has 1 saturated heterocycles. The van der Waals surface area contributed by atoms with Gasteiger partial charge in [0.15, 0.2) is 5.13 Å². The molecule has 0 saturated carbocycles. The molecule has 0 aromatic carbocycles. The van der Waals surface area contributed by atoms with Crippen LogP contribution in [0.1, 0.15) is 18.5 Å². The molecule has 1 amide bonds. The van der Waals surface area contributed by atoms with Crippen molar-refractivity contribution in [2.45, 2.75) is 25.3 Å². The lowest BCUT2D eigenvalue weighted by Crippen LogP contribution is -2.49. The second-order valence-electron chi connectivity index (χ2n) is 4.92. The molecule has 2 heterocycles. The van der Waals surface area contributed by atoms with Crippen LogP contribution in [0.15, 0.2) is 5.38 Å². The van der Waals surface area contributed by atoms with Crippen molar-refractivity contribution in [3.05, 3.63) is 11.1 Å². The molecule has 1 aliphatic rings. The van der Waals surface area contributed by atoms with Crippen molar-refractivity contribution < 1.29 is 13.2 Å². The quantitative estimate of drug-likeness (QED) is 0.800. The van der Waals surface area contributed by atoms with Crippen LogP contribution < -0.4 is 10.5 Å². The molecule has 1 aromatic heterocycles. The van der Waals surface area contributed by atoms with E-state index in [1.807, 2.05) is 0 Å². The van der Waals surface area contributed by atoms with Crippen molar-refractivity contribution in [3.8, 4) is 0 Å². The Hall–Kier alpha value is -1.19. The van der Waals surface area contributed by atoms with E-state index in [1.54, 1.807) is 10.3 Å². The summed E-state index contributed by atoms with van der Waals surface area (Å²) in [5, 5.41) is 2.21. The van der Waals surface area contributed by atoms with Gasteiger partial charge in [-0.05, 0) is 12.8 Å². The number of thiazole rings is 1. The average molecular weight is 318 g/mol. The number of hydrogen-bond donors (Lipinski definition) is 2. The minimum absolute atomic E-state index is 0.0460. The maximum absolute atomic E-state index is 12.2. The Morgan fingerprint density at radius 2 is 2.40 bits per heavy atom. The number of amides is 1. The van der Waals surface area contributed by atoms with Crippen LogP contribution in [0.25, 0.3) is 0 Å². The number of nitrogens with one attached hydrogen (secondary N) is 1. The number of likely N-dealkylation sites (tertiary alicyclic amines) is 1. The zero-order valence-corrected chi connectivity index (χ0v) is 12.8. The maximum Gasteiger partial charge on any atom is 0.228 e. The van der Waals surface area contributed by atoms with Crippen LogP contribution in [0.4, 0.5) is 5.13 Å². The van der Waals surface area contributed by atoms with Crippen LogP contribution in [0, 0.1) is 0 Å². The molecule has 7 nitrogen and oxygen atoms in total. The van der Waals surface area contributed by atoms with E-state index in [9.17, 15) is 13.2 Å². The van der Waals surface area contributed by atoms with Crippen LogP contribution in [0.5, 0.6) is 0 Å². The second-order valence-corrected chi connectivity index (χ2v) is 7.59. The van der Waals surface area contributed by atoms with E-state index in [-0.39, 0.29) is 18.4 Å². The minimum Gasteiger partial charge on any atom is -0.375 e. The van der Waals surface area contributed by atoms with Gasteiger partial charge in [0, 0.05) is 24.5 Å². The van der Waals surface area contributed by atoms with Gasteiger partial charge in [0.05, 0.1) is 18.4 Å². The van der Waals surface area contributed by atoms with Crippen LogP contribution in [0.2, 0.25) is 0 Å². The lowest BCUT2D eigenvalue weighted by Gasteiger charge is -2.32. The predicted octanol–water partition coefficient (Wildman–Crippen LogP) is -0.192. The van der Waals surface area contributed by atoms with Gasteiger partial charge in [0.1, 0.15) is 0 Å². The van der Waals surface area contributed by atoms with Gasteiger partial charge in [-0.3, -0.25) is 4.79 Å². The van der Waals surface area contributed by atoms with Crippen molar-refractivity contribution in [2.24, 2.45) is 0 Å². The molecule has 9 heteroatoms. The third-order valence-corrected chi connectivity index (χ3v) is 4.54. The van der Waals surface area contributed by atoms with E-state index >= 15 is 0 Å². The molecule has 20 heavy (non-hydrogen) atoms. The summed E-state index contributed by atoms with van der Waals surface area (Å²) in [6.07, 6.45) is 2.88. The highest BCUT2D eigenvalue weighted by Crippen LogP contribution is 2.15. The van der Waals surface area contributed by atoms with Gasteiger partial charge in [-0.25, -0.2) is 18.1 Å². The van der Waals surface area contributed by atoms with E-state index in [4.69, 9.17) is 5.73 Å². The van der Waals surface area contributed by atoms with E-state index in [2.05, 4.69) is 9.71 Å². The Bertz CT molecular complexity index is 584. The molecule has 1 fully saturated rings. The Balaban J connectivity index is 1.93. The van der Waals surface area contributed by atoms with Crippen LogP contribution in [-0.4, -0.2) is 49.6 Å². The number of piperidine rings is 1. The van der Waals surface area contributed by atoms with Gasteiger partial charge >= 0.3 is 0 Å². The third kappa shape index (κ3) is 4.43. The molecule has 0 spiro atoms. The fraction of sp³-hybridized carbons (Fsp3) is 0.636. The first-order valence-electron chi connectivity index (χ1n) is 6.28. The normalized spacial score (nSPS) is 20.1. The highest BCUT2D eigenvalue weighted by atomic mass is 32.2. The molecule has 1 aliphatic heterocycles. The topological polar surface area (TPSA) is 105 Å². The third-order valence-electron chi connectivity index (χ3n) is 3.06. The predicted molar refractivity (Wildman–Crippen MR) is 77.8 cm³/mol. The van der Waals surface area contributed by atoms with Crippen molar-refractivity contribution >= 4 is 32.4 Å². The van der Waals surface area contributed by atoms with Gasteiger partial charge in [0.2, 0.25) is 15.9 Å². The number of carbonyl (C=O) groups is 1. The number of nitrogens with zero attached hydrogens (tertiary/aromatic N) is 2. The lowest BCUT2D eigenvalue weighted by molar-refractivity contribution is -0.131. The molecule has 3 N–H and O–H groups in total. The lowest BCUT2D eigenvalue weighted by atomic mass is 10.1. The first-order chi connectivity index (χ1) is 9.33. The maximum atomic E-state index is 12.2. The summed E-state index contributed by atoms with van der Waals surface area (Å²) >= 11 is 1.31. The summed E-state index contributed by atoms with van der Waals surface area (Å²) in [5.74, 6) is -0.0460. The summed E-state index contributed by atoms with van der Waals surface area (Å²) in [6, 6.07) is -0.205. The first kappa shape index (κ1) is 15.2. The molecular formula is C11H18N4O3S2. The van der Waals surface area contributed by atoms with E-state index in [0.717, 1.165) is 19.1 Å². The summed E-state index contributed by atoms with van der Waals surface area (Å²) in [6.45, 7) is 1.06. The fourth-order valence-electron chi connectivity index (χ4n) is 2.27. The first-order valence-corrected chi connectivity index (χ1v) is 9.05. The summed E-state index contributed by atoms with van der Waals surface area (Å²) in [4.78, 5) is 17.9. The zero-order chi connectivity index (χ0) is 14.8. The minimum atomic E-state index is -3.24. The number of sulfonamides is 1. The Morgan fingerprint density at radius 3 is 3.00 bits per heavy atom. The number of aromatic nitrogens is 1. The highest BCUT2D eigenvalue weighted by Gasteiger charge is 2.25. The average Bonchev–Trinajstić information content (AvgIpc) is 2.73. The molecule has 0 bridgehead atoms. The summed E-state index contributed by atoms with van der Waals surface area (Å²) in [7, 11) is -3.24. The van der Waals surface area contributed by atoms with Gasteiger partial charge in [-0.2, -0.15) is 0 Å². The van der Waals surface area contributed by atoms with Crippen molar-refractivity contribution in [1.29, 1.82) is 0 Å². The molecule has 1 unspecified atom stereocenters. The molecule has 0 radical (unpaired) electrons. The number of hydrogen-bond acceptors (Lipinski definition) is 6. The standard InChI is InChI=1S/C11H18N4O3S2/c1-20(17,18)14-8-3-2-4-15(6-8)10(16)5-9-7-19-11(12)13-9/h7-8,14H,2-6H2,1H3,(H2,12,13). The number of nitrogen functional groups attached to an aromatic ring is 1. The van der Waals surface area contributed by atoms with Crippen molar-refractivity contribution in [1.82, 2.24) is 14.6 Å². The molecular weight excluding hydrogens is 300 g/mol. The van der Waals surface area contributed by atoms with E-state index in [0.29, 0.717) is 23.9 Å². The molecule has 1 atom stereocenters. The highest BCUT2D eigenvalue weighted by molar-refractivity contribution is 7.88. The largest absolute Gasteiger partial charge is 0.375 e. The van der Waals surface area contributed by atoms with Gasteiger partial charge in [0.25, 0.3) is 0 Å². The molecule has 112 valence electrons. The van der Waals surface area contributed by atoms with E-state index in [1.165, 1.54) is 11.3 Å². The van der Waals surface area contributed by atoms with Crippen LogP contribution in [0.3, 0.4) is 0 Å². The smallest absolute Gasteiger partial charge is 0.228 e. The fourth-order valence-corrected chi connectivity index (χ4v) is 3.63. The molecule has 0 aliphatic carbocycles. The Kier molecular flexibility index (Phi) is 4.61. The van der Waals surface area contributed by atoms with Gasteiger partial charge in [-0.15, -0.1) is 11.3 Å². The summed E-state index contributed by atoms with van der Waals surface area (Å²) < 4.78 is 25.0. The van der Waals surface area contributed by atoms with Crippen molar-refractivity contribution in [3.63, 3.8) is 0 Å². The SMILES string of the molecule is CS(=O)(=O)NC1CCCN(C(=O)Cc2csc(N)n2)C1. The van der Waals surface area contributed by atoms with Crippen molar-refractivity contribution in [2.75, 3.05) is 25.1 Å². The number of nitrogens with two attached hydrogens (primary N) is 1. The van der Waals surface area contributed by atoms with Crippen LogP contribution >= 0.6 is 11.3 Å². The molecule has 1 aromatic rings. The van der Waals surface area contributed by atoms with Gasteiger partial charge < -0.3 is 10.6 Å². The Morgan fingerprint density at radius 1 is 1.65 bits per heavy atom. The van der Waals surface area contributed by atoms with Crippen LogP contribution in [-0.2, 0) is 21.2 Å². The number of rotatable bonds is 4. The van der Waals surface area contributed by atoms with E-state index < -0.39 is 10.0 Å². The number of carbonyl (C=O) groups excluding carboxylic acids is 1. The zero-order valence-electron chi connectivity index (χ0n) is 11.2. The monoisotopic (exact) mass is 318 g/mol. The Labute approximate surface area is 122 Å². The number of anilines is 1. The summed E-state index contributed by atoms with van der Waals surface area (Å²) in [5.41, 5.74) is 6.19. The van der Waals surface area contributed by atoms with Gasteiger partial charge in [-0.1, -0.05) is 0 Å². The molecule has 2 rings (SSSR count).